The first-order chi connectivity index (χ1) is 9.79. The molecule has 0 unspecified atom stereocenters. The van der Waals surface area contributed by atoms with Gasteiger partial charge in [-0.05, 0) is 13.5 Å². The number of hydrogen-bond acceptors (Lipinski definition) is 5. The van der Waals surface area contributed by atoms with Crippen molar-refractivity contribution < 1.29 is 0 Å². The van der Waals surface area contributed by atoms with Crippen molar-refractivity contribution in [3.63, 3.8) is 0 Å². The number of fused-ring (bicyclic) bond motifs is 1. The summed E-state index contributed by atoms with van der Waals surface area (Å²) in [5, 5.41) is 5.56. The molecular weight excluding hydrogens is 252 g/mol. The van der Waals surface area contributed by atoms with Crippen molar-refractivity contribution in [2.24, 2.45) is 0 Å². The second-order valence-corrected chi connectivity index (χ2v) is 5.45. The highest BCUT2D eigenvalue weighted by Crippen LogP contribution is 2.23. The SMILES string of the molecule is CCCCn1ncc2c(N3CCN(C)CC3)ncnc21. The van der Waals surface area contributed by atoms with E-state index in [-0.39, 0.29) is 0 Å². The third-order valence-corrected chi connectivity index (χ3v) is 3.94. The van der Waals surface area contributed by atoms with E-state index < -0.39 is 0 Å². The predicted molar refractivity (Wildman–Crippen MR) is 79.9 cm³/mol. The average molecular weight is 274 g/mol. The number of aromatic nitrogens is 4. The maximum atomic E-state index is 4.49. The zero-order chi connectivity index (χ0) is 13.9. The van der Waals surface area contributed by atoms with Crippen LogP contribution in [0.4, 0.5) is 5.82 Å². The maximum absolute atomic E-state index is 4.49. The van der Waals surface area contributed by atoms with Gasteiger partial charge in [-0.25, -0.2) is 14.6 Å². The molecule has 0 atom stereocenters. The Morgan fingerprint density at radius 3 is 2.70 bits per heavy atom. The number of nitrogens with zero attached hydrogens (tertiary/aromatic N) is 6. The monoisotopic (exact) mass is 274 g/mol. The van der Waals surface area contributed by atoms with E-state index in [2.05, 4.69) is 38.8 Å². The van der Waals surface area contributed by atoms with Crippen molar-refractivity contribution in [3.8, 4) is 0 Å². The molecule has 1 aliphatic rings. The lowest BCUT2D eigenvalue weighted by Crippen LogP contribution is -2.44. The third kappa shape index (κ3) is 2.47. The lowest BCUT2D eigenvalue weighted by Gasteiger charge is -2.33. The molecule has 0 N–H and O–H groups in total. The van der Waals surface area contributed by atoms with Crippen LogP contribution in [0.5, 0.6) is 0 Å². The Morgan fingerprint density at radius 2 is 1.95 bits per heavy atom. The Balaban J connectivity index is 1.90. The molecule has 0 amide bonds. The van der Waals surface area contributed by atoms with Gasteiger partial charge in [0.25, 0.3) is 0 Å². The van der Waals surface area contributed by atoms with E-state index in [0.717, 1.165) is 62.4 Å². The van der Waals surface area contributed by atoms with Crippen LogP contribution >= 0.6 is 0 Å². The first-order valence-corrected chi connectivity index (χ1v) is 7.39. The van der Waals surface area contributed by atoms with Crippen LogP contribution in [0.25, 0.3) is 11.0 Å². The van der Waals surface area contributed by atoms with Crippen LogP contribution in [0.1, 0.15) is 19.8 Å². The summed E-state index contributed by atoms with van der Waals surface area (Å²) in [6.45, 7) is 7.31. The number of rotatable bonds is 4. The second kappa shape index (κ2) is 5.75. The Morgan fingerprint density at radius 1 is 1.15 bits per heavy atom. The van der Waals surface area contributed by atoms with Crippen molar-refractivity contribution >= 4 is 16.9 Å². The van der Waals surface area contributed by atoms with E-state index in [1.54, 1.807) is 6.33 Å². The smallest absolute Gasteiger partial charge is 0.163 e. The molecule has 3 heterocycles. The molecule has 0 aromatic carbocycles. The van der Waals surface area contributed by atoms with Crippen LogP contribution in [0.3, 0.4) is 0 Å². The number of piperazine rings is 1. The molecule has 1 saturated heterocycles. The summed E-state index contributed by atoms with van der Waals surface area (Å²) in [6.07, 6.45) is 5.88. The molecule has 6 heteroatoms. The maximum Gasteiger partial charge on any atom is 0.163 e. The number of anilines is 1. The normalized spacial score (nSPS) is 17.0. The first-order valence-electron chi connectivity index (χ1n) is 7.39. The summed E-state index contributed by atoms with van der Waals surface area (Å²) >= 11 is 0. The highest BCUT2D eigenvalue weighted by Gasteiger charge is 2.19. The van der Waals surface area contributed by atoms with Gasteiger partial charge in [0.15, 0.2) is 5.65 Å². The van der Waals surface area contributed by atoms with Crippen LogP contribution in [0.2, 0.25) is 0 Å². The van der Waals surface area contributed by atoms with Crippen molar-refractivity contribution in [1.82, 2.24) is 24.6 Å². The first kappa shape index (κ1) is 13.3. The summed E-state index contributed by atoms with van der Waals surface area (Å²) in [5.41, 5.74) is 0.961. The highest BCUT2D eigenvalue weighted by atomic mass is 15.3. The fourth-order valence-corrected chi connectivity index (χ4v) is 2.62. The van der Waals surface area contributed by atoms with Crippen molar-refractivity contribution in [1.29, 1.82) is 0 Å². The number of aryl methyl sites for hydroxylation is 1. The van der Waals surface area contributed by atoms with Gasteiger partial charge in [0, 0.05) is 32.7 Å². The molecule has 108 valence electrons. The minimum Gasteiger partial charge on any atom is -0.353 e. The molecule has 3 rings (SSSR count). The van der Waals surface area contributed by atoms with Crippen molar-refractivity contribution in [3.05, 3.63) is 12.5 Å². The molecule has 0 radical (unpaired) electrons. The van der Waals surface area contributed by atoms with Crippen LogP contribution < -0.4 is 4.90 Å². The van der Waals surface area contributed by atoms with Gasteiger partial charge in [-0.2, -0.15) is 5.10 Å². The number of hydrogen-bond donors (Lipinski definition) is 0. The fourth-order valence-electron chi connectivity index (χ4n) is 2.62. The number of unbranched alkanes of at least 4 members (excludes halogenated alkanes) is 1. The standard InChI is InChI=1S/C14H22N6/c1-3-4-5-20-14-12(10-17-20)13(15-11-16-14)19-8-6-18(2)7-9-19/h10-11H,3-9H2,1-2H3. The van der Waals surface area contributed by atoms with Crippen LogP contribution in [-0.4, -0.2) is 57.9 Å². The molecule has 20 heavy (non-hydrogen) atoms. The van der Waals surface area contributed by atoms with E-state index in [9.17, 15) is 0 Å². The summed E-state index contributed by atoms with van der Waals surface area (Å²) in [5.74, 6) is 1.03. The van der Waals surface area contributed by atoms with Crippen molar-refractivity contribution in [2.75, 3.05) is 38.1 Å². The summed E-state index contributed by atoms with van der Waals surface area (Å²) in [6, 6.07) is 0. The Bertz CT molecular complexity index is 570. The van der Waals surface area contributed by atoms with Gasteiger partial charge in [-0.3, -0.25) is 0 Å². The molecule has 6 nitrogen and oxygen atoms in total. The van der Waals surface area contributed by atoms with Crippen LogP contribution in [0, 0.1) is 0 Å². The number of likely N-dealkylation sites (N-methyl/N-ethyl adjacent to an activating group) is 1. The minimum absolute atomic E-state index is 0.930. The molecule has 0 aliphatic carbocycles. The summed E-state index contributed by atoms with van der Waals surface area (Å²) in [4.78, 5) is 13.6. The quantitative estimate of drug-likeness (QED) is 0.843. The van der Waals surface area contributed by atoms with Gasteiger partial charge in [0.1, 0.15) is 12.1 Å². The van der Waals surface area contributed by atoms with Gasteiger partial charge in [0.2, 0.25) is 0 Å². The highest BCUT2D eigenvalue weighted by molar-refractivity contribution is 5.86. The Kier molecular flexibility index (Phi) is 3.82. The minimum atomic E-state index is 0.930. The van der Waals surface area contributed by atoms with E-state index in [0.29, 0.717) is 0 Å². The topological polar surface area (TPSA) is 50.1 Å². The predicted octanol–water partition coefficient (Wildman–Crippen LogP) is 1.38. The molecule has 1 aliphatic heterocycles. The molecule has 0 saturated carbocycles. The molecule has 0 bridgehead atoms. The van der Waals surface area contributed by atoms with Crippen molar-refractivity contribution in [2.45, 2.75) is 26.3 Å². The fraction of sp³-hybridized carbons (Fsp3) is 0.643. The molecule has 1 fully saturated rings. The average Bonchev–Trinajstić information content (AvgIpc) is 2.89. The van der Waals surface area contributed by atoms with Gasteiger partial charge >= 0.3 is 0 Å². The van der Waals surface area contributed by atoms with Gasteiger partial charge < -0.3 is 9.80 Å². The van der Waals surface area contributed by atoms with E-state index >= 15 is 0 Å². The van der Waals surface area contributed by atoms with Crippen LogP contribution in [-0.2, 0) is 6.54 Å². The van der Waals surface area contributed by atoms with Gasteiger partial charge in [-0.1, -0.05) is 13.3 Å². The lowest BCUT2D eigenvalue weighted by molar-refractivity contribution is 0.312. The Labute approximate surface area is 119 Å². The summed E-state index contributed by atoms with van der Waals surface area (Å²) in [7, 11) is 2.16. The molecule has 2 aromatic heterocycles. The van der Waals surface area contributed by atoms with Gasteiger partial charge in [-0.15, -0.1) is 0 Å². The lowest BCUT2D eigenvalue weighted by atomic mass is 10.3. The Hall–Kier alpha value is -1.69. The van der Waals surface area contributed by atoms with E-state index in [4.69, 9.17) is 0 Å². The molecule has 2 aromatic rings. The molecule has 0 spiro atoms. The van der Waals surface area contributed by atoms with E-state index in [1.807, 2.05) is 10.9 Å². The van der Waals surface area contributed by atoms with E-state index in [1.165, 1.54) is 0 Å². The third-order valence-electron chi connectivity index (χ3n) is 3.94. The largest absolute Gasteiger partial charge is 0.353 e. The second-order valence-electron chi connectivity index (χ2n) is 5.45. The van der Waals surface area contributed by atoms with Crippen LogP contribution in [0.15, 0.2) is 12.5 Å². The van der Waals surface area contributed by atoms with Gasteiger partial charge in [0.05, 0.1) is 11.6 Å². The zero-order valence-electron chi connectivity index (χ0n) is 12.3. The molecular formula is C14H22N6. The summed E-state index contributed by atoms with van der Waals surface area (Å²) < 4.78 is 2.00. The zero-order valence-corrected chi connectivity index (χ0v) is 12.3.